The van der Waals surface area contributed by atoms with E-state index >= 15 is 0 Å². The first-order valence-corrected chi connectivity index (χ1v) is 7.75. The minimum atomic E-state index is -0.506. The number of benzene rings is 1. The third-order valence-electron chi connectivity index (χ3n) is 3.09. The summed E-state index contributed by atoms with van der Waals surface area (Å²) in [6, 6.07) is 4.88. The molecule has 0 saturated heterocycles. The van der Waals surface area contributed by atoms with Gasteiger partial charge in [-0.15, -0.1) is 0 Å². The number of aromatic nitrogens is 2. The van der Waals surface area contributed by atoms with Crippen molar-refractivity contribution in [1.29, 1.82) is 0 Å². The highest BCUT2D eigenvalue weighted by atomic mass is 16.6. The van der Waals surface area contributed by atoms with Crippen LogP contribution in [0.25, 0.3) is 0 Å². The highest BCUT2D eigenvalue weighted by Crippen LogP contribution is 2.29. The standard InChI is InChI=1S/C17H22N2O5/c1-10(2)16-18-15(24-19-16)9-22-17(20)12-6-7-13(23-11(3)4)14(8-12)21-5/h6-8,10-11H,9H2,1-5H3. The van der Waals surface area contributed by atoms with Gasteiger partial charge in [-0.2, -0.15) is 4.98 Å². The molecule has 2 aromatic rings. The molecule has 0 aliphatic rings. The Hall–Kier alpha value is -2.57. The largest absolute Gasteiger partial charge is 0.493 e. The molecule has 0 aliphatic carbocycles. The van der Waals surface area contributed by atoms with Crippen molar-refractivity contribution in [2.75, 3.05) is 7.11 Å². The van der Waals surface area contributed by atoms with Gasteiger partial charge in [0, 0.05) is 5.92 Å². The molecule has 0 unspecified atom stereocenters. The number of carbonyl (C=O) groups excluding carboxylic acids is 1. The van der Waals surface area contributed by atoms with E-state index in [9.17, 15) is 4.79 Å². The lowest BCUT2D eigenvalue weighted by molar-refractivity contribution is 0.0429. The molecule has 24 heavy (non-hydrogen) atoms. The first kappa shape index (κ1) is 17.8. The number of carbonyl (C=O) groups is 1. The van der Waals surface area contributed by atoms with Gasteiger partial charge in [-0.3, -0.25) is 0 Å². The fourth-order valence-corrected chi connectivity index (χ4v) is 1.92. The summed E-state index contributed by atoms with van der Waals surface area (Å²) in [5, 5.41) is 3.82. The Morgan fingerprint density at radius 1 is 1.21 bits per heavy atom. The Morgan fingerprint density at radius 2 is 1.96 bits per heavy atom. The van der Waals surface area contributed by atoms with E-state index in [-0.39, 0.29) is 24.5 Å². The molecule has 2 rings (SSSR count). The van der Waals surface area contributed by atoms with Crippen LogP contribution in [0.3, 0.4) is 0 Å². The molecular weight excluding hydrogens is 312 g/mol. The fraction of sp³-hybridized carbons (Fsp3) is 0.471. The van der Waals surface area contributed by atoms with E-state index in [1.165, 1.54) is 7.11 Å². The van der Waals surface area contributed by atoms with E-state index in [1.54, 1.807) is 18.2 Å². The number of nitrogens with zero attached hydrogens (tertiary/aromatic N) is 2. The SMILES string of the molecule is COc1cc(C(=O)OCc2nc(C(C)C)no2)ccc1OC(C)C. The molecular formula is C17H22N2O5. The van der Waals surface area contributed by atoms with Crippen molar-refractivity contribution >= 4 is 5.97 Å². The number of rotatable bonds is 7. The van der Waals surface area contributed by atoms with E-state index < -0.39 is 5.97 Å². The molecule has 7 nitrogen and oxygen atoms in total. The number of ether oxygens (including phenoxy) is 3. The predicted molar refractivity (Wildman–Crippen MR) is 86.3 cm³/mol. The van der Waals surface area contributed by atoms with Crippen LogP contribution >= 0.6 is 0 Å². The Balaban J connectivity index is 2.03. The first-order chi connectivity index (χ1) is 11.4. The van der Waals surface area contributed by atoms with Crippen molar-refractivity contribution in [2.45, 2.75) is 46.3 Å². The second kappa shape index (κ2) is 7.81. The second-order valence-corrected chi connectivity index (χ2v) is 5.81. The van der Waals surface area contributed by atoms with Crippen LogP contribution in [0.2, 0.25) is 0 Å². The maximum absolute atomic E-state index is 12.2. The van der Waals surface area contributed by atoms with Crippen LogP contribution in [0.1, 0.15) is 55.7 Å². The predicted octanol–water partition coefficient (Wildman–Crippen LogP) is 3.35. The van der Waals surface area contributed by atoms with Crippen molar-refractivity contribution in [3.63, 3.8) is 0 Å². The van der Waals surface area contributed by atoms with Gasteiger partial charge in [-0.25, -0.2) is 4.79 Å². The molecule has 7 heteroatoms. The zero-order valence-electron chi connectivity index (χ0n) is 14.5. The van der Waals surface area contributed by atoms with Crippen molar-refractivity contribution in [3.8, 4) is 11.5 Å². The lowest BCUT2D eigenvalue weighted by atomic mass is 10.2. The van der Waals surface area contributed by atoms with E-state index in [0.29, 0.717) is 22.9 Å². The Kier molecular flexibility index (Phi) is 5.78. The minimum absolute atomic E-state index is 0.00406. The van der Waals surface area contributed by atoms with Gasteiger partial charge in [0.1, 0.15) is 0 Å². The van der Waals surface area contributed by atoms with Crippen molar-refractivity contribution in [1.82, 2.24) is 10.1 Å². The van der Waals surface area contributed by atoms with E-state index in [1.807, 2.05) is 27.7 Å². The van der Waals surface area contributed by atoms with Gasteiger partial charge in [0.25, 0.3) is 5.89 Å². The van der Waals surface area contributed by atoms with Crippen LogP contribution in [0.5, 0.6) is 11.5 Å². The van der Waals surface area contributed by atoms with Crippen LogP contribution in [-0.2, 0) is 11.3 Å². The number of hydrogen-bond acceptors (Lipinski definition) is 7. The molecule has 0 amide bonds. The van der Waals surface area contributed by atoms with E-state index in [2.05, 4.69) is 10.1 Å². The lowest BCUT2D eigenvalue weighted by Gasteiger charge is -2.14. The summed E-state index contributed by atoms with van der Waals surface area (Å²) in [5.41, 5.74) is 0.353. The van der Waals surface area contributed by atoms with Crippen molar-refractivity contribution < 1.29 is 23.5 Å². The van der Waals surface area contributed by atoms with Gasteiger partial charge in [0.05, 0.1) is 18.8 Å². The molecule has 1 heterocycles. The lowest BCUT2D eigenvalue weighted by Crippen LogP contribution is -2.09. The maximum atomic E-state index is 12.2. The van der Waals surface area contributed by atoms with Crippen LogP contribution in [0.4, 0.5) is 0 Å². The summed E-state index contributed by atoms with van der Waals surface area (Å²) in [4.78, 5) is 16.3. The summed E-state index contributed by atoms with van der Waals surface area (Å²) in [5.74, 6) is 1.53. The second-order valence-electron chi connectivity index (χ2n) is 5.81. The molecule has 130 valence electrons. The summed E-state index contributed by atoms with van der Waals surface area (Å²) in [6.45, 7) is 7.65. The molecule has 1 aromatic heterocycles. The number of methoxy groups -OCH3 is 1. The highest BCUT2D eigenvalue weighted by molar-refractivity contribution is 5.90. The average Bonchev–Trinajstić information content (AvgIpc) is 3.01. The summed E-state index contributed by atoms with van der Waals surface area (Å²) >= 11 is 0. The normalized spacial score (nSPS) is 11.0. The molecule has 0 N–H and O–H groups in total. The molecule has 0 spiro atoms. The highest BCUT2D eigenvalue weighted by Gasteiger charge is 2.15. The first-order valence-electron chi connectivity index (χ1n) is 7.75. The molecule has 0 saturated carbocycles. The van der Waals surface area contributed by atoms with Crippen LogP contribution in [-0.4, -0.2) is 29.3 Å². The molecule has 0 bridgehead atoms. The number of esters is 1. The Bertz CT molecular complexity index is 694. The van der Waals surface area contributed by atoms with Crippen molar-refractivity contribution in [3.05, 3.63) is 35.5 Å². The van der Waals surface area contributed by atoms with Crippen LogP contribution < -0.4 is 9.47 Å². The molecule has 0 fully saturated rings. The summed E-state index contributed by atoms with van der Waals surface area (Å²) < 4.78 is 21.1. The van der Waals surface area contributed by atoms with Gasteiger partial charge in [-0.05, 0) is 32.0 Å². The third-order valence-corrected chi connectivity index (χ3v) is 3.09. The fourth-order valence-electron chi connectivity index (χ4n) is 1.92. The van der Waals surface area contributed by atoms with E-state index in [4.69, 9.17) is 18.7 Å². The zero-order valence-corrected chi connectivity index (χ0v) is 14.5. The maximum Gasteiger partial charge on any atom is 0.338 e. The van der Waals surface area contributed by atoms with Gasteiger partial charge in [0.15, 0.2) is 23.9 Å². The van der Waals surface area contributed by atoms with Gasteiger partial charge < -0.3 is 18.7 Å². The molecule has 0 atom stereocenters. The minimum Gasteiger partial charge on any atom is -0.493 e. The third kappa shape index (κ3) is 4.47. The Morgan fingerprint density at radius 3 is 2.54 bits per heavy atom. The van der Waals surface area contributed by atoms with Gasteiger partial charge >= 0.3 is 5.97 Å². The molecule has 0 radical (unpaired) electrons. The van der Waals surface area contributed by atoms with E-state index in [0.717, 1.165) is 0 Å². The quantitative estimate of drug-likeness (QED) is 0.718. The van der Waals surface area contributed by atoms with Crippen LogP contribution in [0, 0.1) is 0 Å². The average molecular weight is 334 g/mol. The summed E-state index contributed by atoms with van der Waals surface area (Å²) in [6.07, 6.45) is 0.00406. The van der Waals surface area contributed by atoms with Crippen molar-refractivity contribution in [2.24, 2.45) is 0 Å². The Labute approximate surface area is 140 Å². The van der Waals surface area contributed by atoms with Crippen LogP contribution in [0.15, 0.2) is 22.7 Å². The van der Waals surface area contributed by atoms with Gasteiger partial charge in [-0.1, -0.05) is 19.0 Å². The van der Waals surface area contributed by atoms with Gasteiger partial charge in [0.2, 0.25) is 0 Å². The smallest absolute Gasteiger partial charge is 0.338 e. The molecule has 1 aromatic carbocycles. The monoisotopic (exact) mass is 334 g/mol. The number of hydrogen-bond donors (Lipinski definition) is 0. The summed E-state index contributed by atoms with van der Waals surface area (Å²) in [7, 11) is 1.52. The topological polar surface area (TPSA) is 83.7 Å². The molecule has 0 aliphatic heterocycles. The zero-order chi connectivity index (χ0) is 17.7.